The molecule has 1 aliphatic heterocycles. The van der Waals surface area contributed by atoms with Gasteiger partial charge in [-0.05, 0) is 55.8 Å². The fraction of sp³-hybridized carbons (Fsp3) is 0.412. The van der Waals surface area contributed by atoms with Crippen LogP contribution in [0.4, 0.5) is 5.13 Å². The highest BCUT2D eigenvalue weighted by Crippen LogP contribution is 2.32. The number of amides is 1. The van der Waals surface area contributed by atoms with Crippen molar-refractivity contribution in [3.63, 3.8) is 0 Å². The summed E-state index contributed by atoms with van der Waals surface area (Å²) in [5.41, 5.74) is 0.605. The number of anilines is 1. The summed E-state index contributed by atoms with van der Waals surface area (Å²) >= 11 is 9.27. The summed E-state index contributed by atoms with van der Waals surface area (Å²) in [5.74, 6) is 1.30. The van der Waals surface area contributed by atoms with Crippen molar-refractivity contribution in [2.24, 2.45) is 0 Å². The number of nitrogens with zero attached hydrogens (tertiary/aromatic N) is 1. The standard InChI is InChI=1S/C17H20ClN3OS2/c1-2-23-14-4-3-12(18)9-13(14)16(22)21-17-20-10-15(24-17)11-5-7-19-8-6-11/h3-4,9-11,19H,2,5-8H2,1H3,(H,20,21,22). The highest BCUT2D eigenvalue weighted by molar-refractivity contribution is 7.99. The van der Waals surface area contributed by atoms with Crippen LogP contribution in [-0.2, 0) is 0 Å². The van der Waals surface area contributed by atoms with E-state index in [1.165, 1.54) is 4.88 Å². The summed E-state index contributed by atoms with van der Waals surface area (Å²) in [6.45, 7) is 4.15. The van der Waals surface area contributed by atoms with Gasteiger partial charge < -0.3 is 5.32 Å². The third-order valence-corrected chi connectivity index (χ3v) is 6.24. The zero-order chi connectivity index (χ0) is 16.9. The molecule has 1 aliphatic rings. The largest absolute Gasteiger partial charge is 0.317 e. The predicted molar refractivity (Wildman–Crippen MR) is 103 cm³/mol. The molecule has 1 aromatic heterocycles. The van der Waals surface area contributed by atoms with E-state index in [-0.39, 0.29) is 5.91 Å². The van der Waals surface area contributed by atoms with Gasteiger partial charge in [0.15, 0.2) is 5.13 Å². The normalized spacial score (nSPS) is 15.4. The lowest BCUT2D eigenvalue weighted by molar-refractivity contribution is 0.102. The highest BCUT2D eigenvalue weighted by atomic mass is 35.5. The number of rotatable bonds is 5. The van der Waals surface area contributed by atoms with Crippen LogP contribution >= 0.6 is 34.7 Å². The van der Waals surface area contributed by atoms with Crippen LogP contribution in [0.3, 0.4) is 0 Å². The zero-order valence-corrected chi connectivity index (χ0v) is 15.9. The Morgan fingerprint density at radius 2 is 2.25 bits per heavy atom. The Bertz CT molecular complexity index is 714. The van der Waals surface area contributed by atoms with Crippen molar-refractivity contribution in [3.8, 4) is 0 Å². The van der Waals surface area contributed by atoms with Gasteiger partial charge in [-0.15, -0.1) is 23.1 Å². The first-order valence-corrected chi connectivity index (χ1v) is 10.3. The Hall–Kier alpha value is -1.08. The molecule has 0 unspecified atom stereocenters. The SMILES string of the molecule is CCSc1ccc(Cl)cc1C(=O)Nc1ncc(C2CCNCC2)s1. The Kier molecular flexibility index (Phi) is 6.16. The van der Waals surface area contributed by atoms with Gasteiger partial charge >= 0.3 is 0 Å². The molecule has 1 saturated heterocycles. The molecule has 0 atom stereocenters. The average molecular weight is 382 g/mol. The first-order chi connectivity index (χ1) is 11.7. The van der Waals surface area contributed by atoms with Gasteiger partial charge in [0.05, 0.1) is 5.56 Å². The van der Waals surface area contributed by atoms with Gasteiger partial charge in [0.2, 0.25) is 0 Å². The van der Waals surface area contributed by atoms with E-state index >= 15 is 0 Å². The van der Waals surface area contributed by atoms with Crippen molar-refractivity contribution in [2.45, 2.75) is 30.6 Å². The molecule has 0 spiro atoms. The molecule has 7 heteroatoms. The molecule has 1 fully saturated rings. The summed E-state index contributed by atoms with van der Waals surface area (Å²) in [4.78, 5) is 19.2. The number of nitrogens with one attached hydrogen (secondary N) is 2. The van der Waals surface area contributed by atoms with E-state index < -0.39 is 0 Å². The lowest BCUT2D eigenvalue weighted by Gasteiger charge is -2.20. The van der Waals surface area contributed by atoms with Crippen molar-refractivity contribution in [3.05, 3.63) is 39.9 Å². The number of benzene rings is 1. The van der Waals surface area contributed by atoms with E-state index in [0.29, 0.717) is 21.6 Å². The molecule has 4 nitrogen and oxygen atoms in total. The lowest BCUT2D eigenvalue weighted by atomic mass is 9.97. The van der Waals surface area contributed by atoms with Crippen molar-refractivity contribution in [2.75, 3.05) is 24.2 Å². The van der Waals surface area contributed by atoms with Crippen molar-refractivity contribution in [1.82, 2.24) is 10.3 Å². The maximum Gasteiger partial charge on any atom is 0.258 e. The van der Waals surface area contributed by atoms with E-state index in [4.69, 9.17) is 11.6 Å². The third-order valence-electron chi connectivity index (χ3n) is 3.97. The molecule has 1 aromatic carbocycles. The number of hydrogen-bond acceptors (Lipinski definition) is 5. The zero-order valence-electron chi connectivity index (χ0n) is 13.5. The Morgan fingerprint density at radius 3 is 3.00 bits per heavy atom. The van der Waals surface area contributed by atoms with E-state index in [0.717, 1.165) is 36.6 Å². The van der Waals surface area contributed by atoms with Crippen LogP contribution in [0.2, 0.25) is 5.02 Å². The fourth-order valence-corrected chi connectivity index (χ4v) is 4.70. The van der Waals surface area contributed by atoms with Gasteiger partial charge in [-0.3, -0.25) is 10.1 Å². The number of thioether (sulfide) groups is 1. The van der Waals surface area contributed by atoms with Crippen molar-refractivity contribution in [1.29, 1.82) is 0 Å². The number of aromatic nitrogens is 1. The van der Waals surface area contributed by atoms with Crippen molar-refractivity contribution >= 4 is 45.7 Å². The second-order valence-electron chi connectivity index (χ2n) is 5.62. The minimum Gasteiger partial charge on any atom is -0.317 e. The molecule has 2 N–H and O–H groups in total. The minimum atomic E-state index is -0.153. The van der Waals surface area contributed by atoms with Gasteiger partial charge in [0, 0.05) is 21.0 Å². The summed E-state index contributed by atoms with van der Waals surface area (Å²) in [5, 5.41) is 7.51. The molecular formula is C17H20ClN3OS2. The summed E-state index contributed by atoms with van der Waals surface area (Å²) < 4.78 is 0. The van der Waals surface area contributed by atoms with E-state index in [1.807, 2.05) is 18.3 Å². The van der Waals surface area contributed by atoms with Gasteiger partial charge in [0.25, 0.3) is 5.91 Å². The topological polar surface area (TPSA) is 54.0 Å². The number of halogens is 1. The Labute approximate surface area is 155 Å². The molecule has 0 radical (unpaired) electrons. The second kappa shape index (κ2) is 8.34. The van der Waals surface area contributed by atoms with Crippen molar-refractivity contribution < 1.29 is 4.79 Å². The maximum absolute atomic E-state index is 12.6. The molecule has 24 heavy (non-hydrogen) atoms. The molecule has 3 rings (SSSR count). The number of thiazole rings is 1. The van der Waals surface area contributed by atoms with E-state index in [1.54, 1.807) is 29.2 Å². The van der Waals surface area contributed by atoms with Gasteiger partial charge in [-0.1, -0.05) is 18.5 Å². The average Bonchev–Trinajstić information content (AvgIpc) is 3.06. The predicted octanol–water partition coefficient (Wildman–Crippen LogP) is 4.63. The summed E-state index contributed by atoms with van der Waals surface area (Å²) in [7, 11) is 0. The first kappa shape index (κ1) is 17.7. The van der Waals surface area contributed by atoms with Crippen LogP contribution in [0.15, 0.2) is 29.3 Å². The molecular weight excluding hydrogens is 362 g/mol. The Balaban J connectivity index is 1.73. The maximum atomic E-state index is 12.6. The molecule has 0 aliphatic carbocycles. The van der Waals surface area contributed by atoms with Crippen LogP contribution in [0.5, 0.6) is 0 Å². The molecule has 2 heterocycles. The third kappa shape index (κ3) is 4.30. The fourth-order valence-electron chi connectivity index (χ4n) is 2.77. The van der Waals surface area contributed by atoms with Gasteiger partial charge in [-0.25, -0.2) is 4.98 Å². The molecule has 2 aromatic rings. The van der Waals surface area contributed by atoms with Crippen LogP contribution in [0.1, 0.15) is 40.9 Å². The summed E-state index contributed by atoms with van der Waals surface area (Å²) in [6.07, 6.45) is 4.15. The van der Waals surface area contributed by atoms with E-state index in [9.17, 15) is 4.79 Å². The highest BCUT2D eigenvalue weighted by Gasteiger charge is 2.19. The molecule has 0 saturated carbocycles. The Morgan fingerprint density at radius 1 is 1.46 bits per heavy atom. The first-order valence-electron chi connectivity index (χ1n) is 8.07. The van der Waals surface area contributed by atoms with Crippen LogP contribution in [0, 0.1) is 0 Å². The number of carbonyl (C=O) groups is 1. The lowest BCUT2D eigenvalue weighted by Crippen LogP contribution is -2.26. The van der Waals surface area contributed by atoms with E-state index in [2.05, 4.69) is 22.5 Å². The number of hydrogen-bond donors (Lipinski definition) is 2. The molecule has 128 valence electrons. The monoisotopic (exact) mass is 381 g/mol. The van der Waals surface area contributed by atoms with Crippen LogP contribution in [-0.4, -0.2) is 29.7 Å². The molecule has 1 amide bonds. The number of piperidine rings is 1. The number of carbonyl (C=O) groups excluding carboxylic acids is 1. The van der Waals surface area contributed by atoms with Gasteiger partial charge in [0.1, 0.15) is 0 Å². The summed E-state index contributed by atoms with van der Waals surface area (Å²) in [6, 6.07) is 5.43. The smallest absolute Gasteiger partial charge is 0.258 e. The van der Waals surface area contributed by atoms with Gasteiger partial charge in [-0.2, -0.15) is 0 Å². The van der Waals surface area contributed by atoms with Crippen LogP contribution in [0.25, 0.3) is 0 Å². The minimum absolute atomic E-state index is 0.153. The second-order valence-corrected chi connectivity index (χ2v) is 8.42. The molecule has 0 bridgehead atoms. The quantitative estimate of drug-likeness (QED) is 0.741. The van der Waals surface area contributed by atoms with Crippen LogP contribution < -0.4 is 10.6 Å².